The number of anilines is 1. The quantitative estimate of drug-likeness (QED) is 0.845. The molecule has 0 spiro atoms. The van der Waals surface area contributed by atoms with E-state index in [1.165, 1.54) is 3.57 Å². The minimum Gasteiger partial charge on any atom is -0.377 e. The average Bonchev–Trinajstić information content (AvgIpc) is 2.24. The minimum absolute atomic E-state index is 0.226. The highest BCUT2D eigenvalue weighted by Gasteiger charge is 2.28. The van der Waals surface area contributed by atoms with Crippen molar-refractivity contribution in [3.05, 3.63) is 27.8 Å². The fourth-order valence-electron chi connectivity index (χ4n) is 1.57. The van der Waals surface area contributed by atoms with Crippen LogP contribution in [0.5, 0.6) is 0 Å². The van der Waals surface area contributed by atoms with Crippen LogP contribution >= 0.6 is 22.6 Å². The van der Waals surface area contributed by atoms with E-state index in [0.29, 0.717) is 13.2 Å². The highest BCUT2D eigenvalue weighted by molar-refractivity contribution is 14.1. The smallest absolute Gasteiger partial charge is 0.162 e. The molecule has 16 heavy (non-hydrogen) atoms. The van der Waals surface area contributed by atoms with Crippen LogP contribution in [-0.2, 0) is 9.47 Å². The second-order valence-electron chi connectivity index (χ2n) is 4.34. The lowest BCUT2D eigenvalue weighted by atomic mass is 10.2. The van der Waals surface area contributed by atoms with Gasteiger partial charge >= 0.3 is 0 Å². The van der Waals surface area contributed by atoms with Gasteiger partial charge in [0.1, 0.15) is 0 Å². The molecule has 0 unspecified atom stereocenters. The van der Waals surface area contributed by atoms with E-state index < -0.39 is 5.79 Å². The number of para-hydroxylation sites is 1. The molecule has 1 saturated heterocycles. The van der Waals surface area contributed by atoms with Crippen LogP contribution in [0, 0.1) is 3.57 Å². The summed E-state index contributed by atoms with van der Waals surface area (Å²) in [7, 11) is 0. The van der Waals surface area contributed by atoms with E-state index in [1.54, 1.807) is 0 Å². The van der Waals surface area contributed by atoms with Crippen molar-refractivity contribution in [1.82, 2.24) is 0 Å². The van der Waals surface area contributed by atoms with E-state index in [2.05, 4.69) is 40.0 Å². The number of hydrogen-bond donors (Lipinski definition) is 1. The molecule has 1 heterocycles. The number of hydrogen-bond acceptors (Lipinski definition) is 3. The van der Waals surface area contributed by atoms with E-state index in [4.69, 9.17) is 9.47 Å². The maximum Gasteiger partial charge on any atom is 0.162 e. The van der Waals surface area contributed by atoms with Gasteiger partial charge in [0.25, 0.3) is 0 Å². The van der Waals surface area contributed by atoms with Crippen LogP contribution in [0.4, 0.5) is 5.69 Å². The van der Waals surface area contributed by atoms with Gasteiger partial charge in [-0.15, -0.1) is 0 Å². The lowest BCUT2D eigenvalue weighted by molar-refractivity contribution is -0.247. The summed E-state index contributed by atoms with van der Waals surface area (Å²) in [5.74, 6) is -0.442. The van der Waals surface area contributed by atoms with Crippen LogP contribution in [0.15, 0.2) is 24.3 Å². The van der Waals surface area contributed by atoms with Gasteiger partial charge in [0.15, 0.2) is 5.79 Å². The molecular weight excluding hydrogens is 317 g/mol. The molecule has 0 atom stereocenters. The SMILES string of the molecule is CC1(C)OCC(Nc2ccccc2I)CO1. The van der Waals surface area contributed by atoms with E-state index >= 15 is 0 Å². The van der Waals surface area contributed by atoms with Crippen molar-refractivity contribution < 1.29 is 9.47 Å². The van der Waals surface area contributed by atoms with Crippen LogP contribution in [0.1, 0.15) is 13.8 Å². The largest absolute Gasteiger partial charge is 0.377 e. The number of rotatable bonds is 2. The predicted molar refractivity (Wildman–Crippen MR) is 72.6 cm³/mol. The van der Waals surface area contributed by atoms with Gasteiger partial charge in [-0.1, -0.05) is 12.1 Å². The van der Waals surface area contributed by atoms with Crippen LogP contribution in [0.3, 0.4) is 0 Å². The van der Waals surface area contributed by atoms with Gasteiger partial charge in [-0.25, -0.2) is 0 Å². The van der Waals surface area contributed by atoms with E-state index in [0.717, 1.165) is 5.69 Å². The van der Waals surface area contributed by atoms with Crippen molar-refractivity contribution in [2.75, 3.05) is 18.5 Å². The molecule has 1 aliphatic heterocycles. The third-order valence-corrected chi connectivity index (χ3v) is 3.44. The van der Waals surface area contributed by atoms with Crippen molar-refractivity contribution in [1.29, 1.82) is 0 Å². The van der Waals surface area contributed by atoms with Crippen molar-refractivity contribution in [2.45, 2.75) is 25.7 Å². The lowest BCUT2D eigenvalue weighted by Gasteiger charge is -2.35. The molecule has 1 aromatic rings. The summed E-state index contributed by atoms with van der Waals surface area (Å²) in [6, 6.07) is 8.44. The first kappa shape index (κ1) is 12.1. The van der Waals surface area contributed by atoms with Crippen LogP contribution < -0.4 is 5.32 Å². The normalized spacial score (nSPS) is 20.7. The third kappa shape index (κ3) is 3.09. The second-order valence-corrected chi connectivity index (χ2v) is 5.51. The first-order valence-electron chi connectivity index (χ1n) is 5.36. The predicted octanol–water partition coefficient (Wildman–Crippen LogP) is 2.85. The Kier molecular flexibility index (Phi) is 3.71. The van der Waals surface area contributed by atoms with Crippen molar-refractivity contribution in [3.8, 4) is 0 Å². The maximum atomic E-state index is 5.60. The molecular formula is C12H16INO2. The van der Waals surface area contributed by atoms with Gasteiger partial charge in [-0.3, -0.25) is 0 Å². The molecule has 0 bridgehead atoms. The number of benzene rings is 1. The van der Waals surface area contributed by atoms with Crippen molar-refractivity contribution >= 4 is 28.3 Å². The van der Waals surface area contributed by atoms with Gasteiger partial charge in [-0.2, -0.15) is 0 Å². The summed E-state index contributed by atoms with van der Waals surface area (Å²) >= 11 is 2.32. The molecule has 0 saturated carbocycles. The minimum atomic E-state index is -0.442. The Hall–Kier alpha value is -0.330. The van der Waals surface area contributed by atoms with Crippen molar-refractivity contribution in [2.24, 2.45) is 0 Å². The molecule has 3 nitrogen and oxygen atoms in total. The van der Waals surface area contributed by atoms with E-state index in [1.807, 2.05) is 26.0 Å². The van der Waals surface area contributed by atoms with Gasteiger partial charge in [-0.05, 0) is 48.6 Å². The Morgan fingerprint density at radius 1 is 1.25 bits per heavy atom. The number of nitrogens with one attached hydrogen (secondary N) is 1. The average molecular weight is 333 g/mol. The van der Waals surface area contributed by atoms with E-state index in [9.17, 15) is 0 Å². The molecule has 0 amide bonds. The van der Waals surface area contributed by atoms with E-state index in [-0.39, 0.29) is 6.04 Å². The molecule has 1 fully saturated rings. The summed E-state index contributed by atoms with van der Waals surface area (Å²) in [6.07, 6.45) is 0. The molecule has 1 N–H and O–H groups in total. The molecule has 88 valence electrons. The standard InChI is InChI=1S/C12H16INO2/c1-12(2)15-7-9(8-16-12)14-11-6-4-3-5-10(11)13/h3-6,9,14H,7-8H2,1-2H3. The highest BCUT2D eigenvalue weighted by atomic mass is 127. The lowest BCUT2D eigenvalue weighted by Crippen LogP contribution is -2.45. The van der Waals surface area contributed by atoms with Gasteiger partial charge in [0.2, 0.25) is 0 Å². The monoisotopic (exact) mass is 333 g/mol. The van der Waals surface area contributed by atoms with Gasteiger partial charge in [0, 0.05) is 9.26 Å². The number of ether oxygens (including phenoxy) is 2. The maximum absolute atomic E-state index is 5.60. The summed E-state index contributed by atoms with van der Waals surface area (Å²) < 4.78 is 12.4. The molecule has 2 rings (SSSR count). The Balaban J connectivity index is 1.95. The van der Waals surface area contributed by atoms with Crippen LogP contribution in [-0.4, -0.2) is 25.0 Å². The highest BCUT2D eigenvalue weighted by Crippen LogP contribution is 2.22. The van der Waals surface area contributed by atoms with Crippen LogP contribution in [0.25, 0.3) is 0 Å². The van der Waals surface area contributed by atoms with Crippen molar-refractivity contribution in [3.63, 3.8) is 0 Å². The zero-order valence-electron chi connectivity index (χ0n) is 9.50. The molecule has 1 aromatic carbocycles. The first-order valence-corrected chi connectivity index (χ1v) is 6.44. The zero-order valence-corrected chi connectivity index (χ0v) is 11.7. The summed E-state index contributed by atoms with van der Waals surface area (Å²) in [5, 5.41) is 3.43. The summed E-state index contributed by atoms with van der Waals surface area (Å²) in [4.78, 5) is 0. The fraction of sp³-hybridized carbons (Fsp3) is 0.500. The third-order valence-electron chi connectivity index (χ3n) is 2.50. The fourth-order valence-corrected chi connectivity index (χ4v) is 2.12. The molecule has 1 aliphatic rings. The summed E-state index contributed by atoms with van der Waals surface area (Å²) in [6.45, 7) is 5.24. The van der Waals surface area contributed by atoms with Gasteiger partial charge < -0.3 is 14.8 Å². The zero-order chi connectivity index (χ0) is 11.6. The topological polar surface area (TPSA) is 30.5 Å². The Bertz CT molecular complexity index is 358. The van der Waals surface area contributed by atoms with Crippen LogP contribution in [0.2, 0.25) is 0 Å². The molecule has 0 aromatic heterocycles. The molecule has 0 radical (unpaired) electrons. The Labute approximate surface area is 110 Å². The molecule has 4 heteroatoms. The Morgan fingerprint density at radius 2 is 1.88 bits per heavy atom. The second kappa shape index (κ2) is 4.89. The first-order chi connectivity index (χ1) is 7.57. The molecule has 0 aliphatic carbocycles. The summed E-state index contributed by atoms with van der Waals surface area (Å²) in [5.41, 5.74) is 1.14. The number of halogens is 1. The van der Waals surface area contributed by atoms with Gasteiger partial charge in [0.05, 0.1) is 19.3 Å². The Morgan fingerprint density at radius 3 is 2.50 bits per heavy atom.